The van der Waals surface area contributed by atoms with Gasteiger partial charge in [0, 0.05) is 30.1 Å². The molecule has 0 spiro atoms. The molecule has 2 aliphatic rings. The van der Waals surface area contributed by atoms with Gasteiger partial charge >= 0.3 is 0 Å². The second kappa shape index (κ2) is 7.70. The van der Waals surface area contributed by atoms with Gasteiger partial charge in [0.15, 0.2) is 16.5 Å². The summed E-state index contributed by atoms with van der Waals surface area (Å²) in [5.74, 6) is 0.560. The maximum Gasteiger partial charge on any atom is 0.284 e. The van der Waals surface area contributed by atoms with E-state index in [0.717, 1.165) is 41.2 Å². The van der Waals surface area contributed by atoms with Crippen LogP contribution in [-0.4, -0.2) is 30.6 Å². The summed E-state index contributed by atoms with van der Waals surface area (Å²) in [5, 5.41) is 6.51. The van der Waals surface area contributed by atoms with E-state index in [1.807, 2.05) is 25.1 Å². The number of ether oxygens (including phenoxy) is 2. The lowest BCUT2D eigenvalue weighted by molar-refractivity contribution is 0.102. The number of hydrogen-bond donors (Lipinski definition) is 2. The van der Waals surface area contributed by atoms with Crippen LogP contribution in [-0.2, 0) is 13.0 Å². The lowest BCUT2D eigenvalue weighted by atomic mass is 9.98. The van der Waals surface area contributed by atoms with Gasteiger partial charge in [-0.1, -0.05) is 6.07 Å². The Kier molecular flexibility index (Phi) is 4.88. The summed E-state index contributed by atoms with van der Waals surface area (Å²) in [5.41, 5.74) is 3.64. The number of carbonyl (C=O) groups is 1. The van der Waals surface area contributed by atoms with Gasteiger partial charge < -0.3 is 20.1 Å². The SMILES string of the molecule is Cc1c(NC(=O)c2nc3c(s2)CNCC3)cc(F)cc1-c1ccc2c(c1)OCCO2. The predicted octanol–water partition coefficient (Wildman–Crippen LogP) is 3.93. The van der Waals surface area contributed by atoms with E-state index in [-0.39, 0.29) is 5.91 Å². The van der Waals surface area contributed by atoms with Crippen molar-refractivity contribution in [3.05, 3.63) is 57.3 Å². The van der Waals surface area contributed by atoms with Crippen molar-refractivity contribution in [1.82, 2.24) is 10.3 Å². The van der Waals surface area contributed by atoms with E-state index in [2.05, 4.69) is 15.6 Å². The minimum Gasteiger partial charge on any atom is -0.486 e. The van der Waals surface area contributed by atoms with Crippen LogP contribution >= 0.6 is 11.3 Å². The van der Waals surface area contributed by atoms with Gasteiger partial charge in [0.2, 0.25) is 0 Å². The lowest BCUT2D eigenvalue weighted by Crippen LogP contribution is -2.22. The Labute approximate surface area is 177 Å². The predicted molar refractivity (Wildman–Crippen MR) is 113 cm³/mol. The summed E-state index contributed by atoms with van der Waals surface area (Å²) in [6, 6.07) is 8.32. The molecule has 154 valence electrons. The molecule has 0 aliphatic carbocycles. The molecular formula is C22H20FN3O3S. The summed E-state index contributed by atoms with van der Waals surface area (Å²) in [7, 11) is 0. The number of rotatable bonds is 3. The zero-order valence-corrected chi connectivity index (χ0v) is 17.2. The van der Waals surface area contributed by atoms with E-state index in [4.69, 9.17) is 9.47 Å². The summed E-state index contributed by atoms with van der Waals surface area (Å²) < 4.78 is 25.7. The monoisotopic (exact) mass is 425 g/mol. The molecule has 5 rings (SSSR count). The number of carbonyl (C=O) groups excluding carboxylic acids is 1. The van der Waals surface area contributed by atoms with Gasteiger partial charge in [-0.05, 0) is 47.9 Å². The Bertz CT molecular complexity index is 1120. The molecule has 6 nitrogen and oxygen atoms in total. The van der Waals surface area contributed by atoms with Crippen molar-refractivity contribution >= 4 is 22.9 Å². The van der Waals surface area contributed by atoms with E-state index in [1.54, 1.807) is 0 Å². The summed E-state index contributed by atoms with van der Waals surface area (Å²) in [4.78, 5) is 18.3. The summed E-state index contributed by atoms with van der Waals surface area (Å²) >= 11 is 1.38. The molecule has 1 amide bonds. The molecule has 2 N–H and O–H groups in total. The second-order valence-corrected chi connectivity index (χ2v) is 8.34. The first-order valence-corrected chi connectivity index (χ1v) is 10.6. The molecule has 2 aliphatic heterocycles. The van der Waals surface area contributed by atoms with Gasteiger partial charge in [-0.25, -0.2) is 9.37 Å². The molecule has 0 saturated heterocycles. The van der Waals surface area contributed by atoms with Crippen LogP contribution in [0.3, 0.4) is 0 Å². The molecule has 0 fully saturated rings. The summed E-state index contributed by atoms with van der Waals surface area (Å²) in [6.45, 7) is 4.44. The van der Waals surface area contributed by atoms with Crippen molar-refractivity contribution in [2.45, 2.75) is 19.9 Å². The third-order valence-electron chi connectivity index (χ3n) is 5.27. The van der Waals surface area contributed by atoms with Gasteiger partial charge in [-0.3, -0.25) is 4.79 Å². The fourth-order valence-corrected chi connectivity index (χ4v) is 4.69. The number of anilines is 1. The Morgan fingerprint density at radius 1 is 1.20 bits per heavy atom. The van der Waals surface area contributed by atoms with E-state index < -0.39 is 5.82 Å². The molecule has 8 heteroatoms. The Morgan fingerprint density at radius 2 is 2.03 bits per heavy atom. The number of aromatic nitrogens is 1. The summed E-state index contributed by atoms with van der Waals surface area (Å²) in [6.07, 6.45) is 0.812. The van der Waals surface area contributed by atoms with Crippen molar-refractivity contribution < 1.29 is 18.7 Å². The van der Waals surface area contributed by atoms with Gasteiger partial charge in [0.25, 0.3) is 5.91 Å². The fraction of sp³-hybridized carbons (Fsp3) is 0.273. The number of halogens is 1. The average Bonchev–Trinajstić information content (AvgIpc) is 3.20. The largest absolute Gasteiger partial charge is 0.486 e. The number of nitrogens with zero attached hydrogens (tertiary/aromatic N) is 1. The van der Waals surface area contributed by atoms with E-state index >= 15 is 0 Å². The van der Waals surface area contributed by atoms with Gasteiger partial charge in [-0.15, -0.1) is 11.3 Å². The first kappa shape index (κ1) is 19.0. The molecule has 2 aromatic carbocycles. The van der Waals surface area contributed by atoms with Crippen LogP contribution in [0.4, 0.5) is 10.1 Å². The minimum atomic E-state index is -0.427. The highest BCUT2D eigenvalue weighted by Crippen LogP contribution is 2.37. The number of benzene rings is 2. The minimum absolute atomic E-state index is 0.323. The smallest absolute Gasteiger partial charge is 0.284 e. The maximum atomic E-state index is 14.4. The molecular weight excluding hydrogens is 405 g/mol. The van der Waals surface area contributed by atoms with Crippen LogP contribution in [0.2, 0.25) is 0 Å². The maximum absolute atomic E-state index is 14.4. The van der Waals surface area contributed by atoms with Crippen LogP contribution in [0, 0.1) is 12.7 Å². The first-order valence-electron chi connectivity index (χ1n) is 9.79. The van der Waals surface area contributed by atoms with Crippen LogP contribution < -0.4 is 20.1 Å². The van der Waals surface area contributed by atoms with E-state index in [9.17, 15) is 9.18 Å². The van der Waals surface area contributed by atoms with Crippen molar-refractivity contribution in [2.24, 2.45) is 0 Å². The number of fused-ring (bicyclic) bond motifs is 2. The van der Waals surface area contributed by atoms with Crippen LogP contribution in [0.15, 0.2) is 30.3 Å². The van der Waals surface area contributed by atoms with Gasteiger partial charge in [0.1, 0.15) is 19.0 Å². The molecule has 0 saturated carbocycles. The Hall–Kier alpha value is -2.97. The quantitative estimate of drug-likeness (QED) is 0.665. The number of amides is 1. The third-order valence-corrected chi connectivity index (χ3v) is 6.37. The molecule has 0 radical (unpaired) electrons. The van der Waals surface area contributed by atoms with Gasteiger partial charge in [0.05, 0.1) is 5.69 Å². The highest BCUT2D eigenvalue weighted by Gasteiger charge is 2.21. The Morgan fingerprint density at radius 3 is 2.87 bits per heavy atom. The third kappa shape index (κ3) is 3.53. The molecule has 1 aromatic heterocycles. The average molecular weight is 425 g/mol. The number of hydrogen-bond acceptors (Lipinski definition) is 6. The van der Waals surface area contributed by atoms with E-state index in [0.29, 0.717) is 41.0 Å². The van der Waals surface area contributed by atoms with Crippen LogP contribution in [0.5, 0.6) is 11.5 Å². The normalized spacial score (nSPS) is 14.9. The van der Waals surface area contributed by atoms with Crippen molar-refractivity contribution in [3.63, 3.8) is 0 Å². The number of nitrogens with one attached hydrogen (secondary N) is 2. The zero-order chi connectivity index (χ0) is 20.7. The topological polar surface area (TPSA) is 72.5 Å². The number of thiazole rings is 1. The molecule has 3 heterocycles. The second-order valence-electron chi connectivity index (χ2n) is 7.25. The zero-order valence-electron chi connectivity index (χ0n) is 16.4. The van der Waals surface area contributed by atoms with Crippen molar-refractivity contribution in [2.75, 3.05) is 25.1 Å². The first-order chi connectivity index (χ1) is 14.6. The molecule has 3 aromatic rings. The molecule has 30 heavy (non-hydrogen) atoms. The standard InChI is InChI=1S/C22H20FN3O3S/c1-12-15(13-2-3-18-19(8-13)29-7-6-28-18)9-14(23)10-17(12)25-21(27)22-26-16-4-5-24-11-20(16)30-22/h2-3,8-10,24H,4-7,11H2,1H3,(H,25,27). The van der Waals surface area contributed by atoms with E-state index in [1.165, 1.54) is 23.5 Å². The molecule has 0 bridgehead atoms. The van der Waals surface area contributed by atoms with Crippen molar-refractivity contribution in [1.29, 1.82) is 0 Å². The van der Waals surface area contributed by atoms with Crippen LogP contribution in [0.1, 0.15) is 25.9 Å². The highest BCUT2D eigenvalue weighted by molar-refractivity contribution is 7.13. The van der Waals surface area contributed by atoms with Gasteiger partial charge in [-0.2, -0.15) is 0 Å². The molecule has 0 unspecified atom stereocenters. The highest BCUT2D eigenvalue weighted by atomic mass is 32.1. The molecule has 0 atom stereocenters. The Balaban J connectivity index is 1.46. The van der Waals surface area contributed by atoms with Crippen LogP contribution in [0.25, 0.3) is 11.1 Å². The lowest BCUT2D eigenvalue weighted by Gasteiger charge is -2.20. The fourth-order valence-electron chi connectivity index (χ4n) is 3.72. The van der Waals surface area contributed by atoms with Crippen molar-refractivity contribution in [3.8, 4) is 22.6 Å².